The number of benzene rings is 1. The van der Waals surface area contributed by atoms with E-state index < -0.39 is 0 Å². The predicted octanol–water partition coefficient (Wildman–Crippen LogP) is 2.53. The number of phenolic OH excluding ortho intramolecular Hbond substituents is 1. The molecule has 0 aromatic heterocycles. The second-order valence-electron chi connectivity index (χ2n) is 4.83. The number of piperidine rings is 1. The van der Waals surface area contributed by atoms with E-state index in [2.05, 4.69) is 10.6 Å². The Kier molecular flexibility index (Phi) is 6.67. The number of carbonyl (C=O) groups is 1. The summed E-state index contributed by atoms with van der Waals surface area (Å²) in [5, 5.41) is 15.4. The summed E-state index contributed by atoms with van der Waals surface area (Å²) in [6.07, 6.45) is 3.84. The Bertz CT molecular complexity index is 406. The predicted molar refractivity (Wildman–Crippen MR) is 78.8 cm³/mol. The van der Waals surface area contributed by atoms with Gasteiger partial charge in [0.15, 0.2) is 0 Å². The van der Waals surface area contributed by atoms with E-state index >= 15 is 0 Å². The fraction of sp³-hybridized carbons (Fsp3) is 0.500. The van der Waals surface area contributed by atoms with E-state index in [1.54, 1.807) is 24.3 Å². The van der Waals surface area contributed by atoms with Gasteiger partial charge in [-0.1, -0.05) is 6.07 Å². The summed E-state index contributed by atoms with van der Waals surface area (Å²) in [5.41, 5.74) is 0.658. The van der Waals surface area contributed by atoms with Crippen LogP contribution in [-0.4, -0.2) is 24.1 Å². The maximum Gasteiger partial charge on any atom is 0.224 e. The largest absolute Gasteiger partial charge is 0.508 e. The molecular formula is C14H21ClN2O2. The van der Waals surface area contributed by atoms with Crippen molar-refractivity contribution in [3.8, 4) is 5.75 Å². The van der Waals surface area contributed by atoms with Crippen LogP contribution < -0.4 is 10.6 Å². The van der Waals surface area contributed by atoms with Crippen LogP contribution in [0, 0.1) is 5.92 Å². The molecule has 1 aliphatic rings. The minimum absolute atomic E-state index is 0. The lowest BCUT2D eigenvalue weighted by atomic mass is 9.93. The van der Waals surface area contributed by atoms with Crippen LogP contribution in [0.4, 0.5) is 5.69 Å². The summed E-state index contributed by atoms with van der Waals surface area (Å²) in [6.45, 7) is 2.14. The molecule has 0 atom stereocenters. The summed E-state index contributed by atoms with van der Waals surface area (Å²) in [4.78, 5) is 11.8. The number of carbonyl (C=O) groups excluding carboxylic acids is 1. The van der Waals surface area contributed by atoms with Crippen LogP contribution in [0.1, 0.15) is 25.7 Å². The zero-order valence-corrected chi connectivity index (χ0v) is 11.7. The lowest BCUT2D eigenvalue weighted by Gasteiger charge is -2.22. The number of anilines is 1. The number of rotatable bonds is 4. The summed E-state index contributed by atoms with van der Waals surface area (Å²) >= 11 is 0. The van der Waals surface area contributed by atoms with Gasteiger partial charge in [0.25, 0.3) is 0 Å². The van der Waals surface area contributed by atoms with E-state index in [0.29, 0.717) is 18.0 Å². The number of hydrogen-bond acceptors (Lipinski definition) is 3. The van der Waals surface area contributed by atoms with Gasteiger partial charge < -0.3 is 15.7 Å². The fourth-order valence-corrected chi connectivity index (χ4v) is 2.31. The summed E-state index contributed by atoms with van der Waals surface area (Å²) in [7, 11) is 0. The minimum atomic E-state index is 0. The zero-order valence-electron chi connectivity index (χ0n) is 10.9. The molecular weight excluding hydrogens is 264 g/mol. The van der Waals surface area contributed by atoms with Crippen molar-refractivity contribution >= 4 is 24.0 Å². The molecule has 1 heterocycles. The molecule has 1 aromatic rings. The molecule has 1 saturated heterocycles. The van der Waals surface area contributed by atoms with Crippen LogP contribution in [0.5, 0.6) is 5.75 Å². The fourth-order valence-electron chi connectivity index (χ4n) is 2.31. The van der Waals surface area contributed by atoms with E-state index in [1.807, 2.05) is 0 Å². The van der Waals surface area contributed by atoms with Crippen LogP contribution in [-0.2, 0) is 4.79 Å². The number of nitrogens with one attached hydrogen (secondary N) is 2. The molecule has 0 spiro atoms. The van der Waals surface area contributed by atoms with E-state index in [1.165, 1.54) is 12.8 Å². The molecule has 106 valence electrons. The summed E-state index contributed by atoms with van der Waals surface area (Å²) in [6, 6.07) is 6.65. The molecule has 1 aromatic carbocycles. The average molecular weight is 285 g/mol. The molecule has 0 radical (unpaired) electrons. The van der Waals surface area contributed by atoms with Gasteiger partial charge in [0.05, 0.1) is 0 Å². The van der Waals surface area contributed by atoms with Gasteiger partial charge in [-0.15, -0.1) is 12.4 Å². The van der Waals surface area contributed by atoms with Crippen LogP contribution in [0.3, 0.4) is 0 Å². The Balaban J connectivity index is 0.00000180. The lowest BCUT2D eigenvalue weighted by Crippen LogP contribution is -2.28. The van der Waals surface area contributed by atoms with E-state index in [4.69, 9.17) is 0 Å². The highest BCUT2D eigenvalue weighted by molar-refractivity contribution is 5.90. The molecule has 3 N–H and O–H groups in total. The first-order valence-electron chi connectivity index (χ1n) is 6.53. The van der Waals surface area contributed by atoms with Crippen LogP contribution in [0.2, 0.25) is 0 Å². The highest BCUT2D eigenvalue weighted by atomic mass is 35.5. The van der Waals surface area contributed by atoms with Gasteiger partial charge in [-0.3, -0.25) is 4.79 Å². The van der Waals surface area contributed by atoms with Crippen molar-refractivity contribution in [3.05, 3.63) is 24.3 Å². The Morgan fingerprint density at radius 2 is 2.11 bits per heavy atom. The summed E-state index contributed by atoms with van der Waals surface area (Å²) < 4.78 is 0. The van der Waals surface area contributed by atoms with Gasteiger partial charge in [-0.05, 0) is 50.4 Å². The van der Waals surface area contributed by atoms with Gasteiger partial charge in [0.1, 0.15) is 5.75 Å². The number of aromatic hydroxyl groups is 1. The third-order valence-electron chi connectivity index (χ3n) is 3.37. The molecule has 0 unspecified atom stereocenters. The second kappa shape index (κ2) is 8.02. The molecule has 0 bridgehead atoms. The monoisotopic (exact) mass is 284 g/mol. The maximum absolute atomic E-state index is 11.8. The molecule has 0 saturated carbocycles. The van der Waals surface area contributed by atoms with Crippen molar-refractivity contribution in [2.24, 2.45) is 5.92 Å². The Labute approximate surface area is 120 Å². The molecule has 19 heavy (non-hydrogen) atoms. The van der Waals surface area contributed by atoms with Crippen molar-refractivity contribution in [1.29, 1.82) is 0 Å². The van der Waals surface area contributed by atoms with Gasteiger partial charge in [-0.25, -0.2) is 0 Å². The first kappa shape index (κ1) is 15.8. The van der Waals surface area contributed by atoms with Crippen LogP contribution in [0.25, 0.3) is 0 Å². The third kappa shape index (κ3) is 5.49. The summed E-state index contributed by atoms with van der Waals surface area (Å²) in [5.74, 6) is 0.867. The molecule has 2 rings (SSSR count). The topological polar surface area (TPSA) is 61.4 Å². The van der Waals surface area contributed by atoms with Gasteiger partial charge in [0.2, 0.25) is 5.91 Å². The molecule has 4 nitrogen and oxygen atoms in total. The first-order valence-corrected chi connectivity index (χ1v) is 6.53. The molecule has 1 amide bonds. The highest BCUT2D eigenvalue weighted by Crippen LogP contribution is 2.19. The SMILES string of the molecule is Cl.O=C(CCC1CCNCC1)Nc1cccc(O)c1. The van der Waals surface area contributed by atoms with Crippen LogP contribution in [0.15, 0.2) is 24.3 Å². The zero-order chi connectivity index (χ0) is 12.8. The maximum atomic E-state index is 11.8. The smallest absolute Gasteiger partial charge is 0.224 e. The van der Waals surface area contributed by atoms with Gasteiger partial charge >= 0.3 is 0 Å². The highest BCUT2D eigenvalue weighted by Gasteiger charge is 2.14. The Morgan fingerprint density at radius 1 is 1.37 bits per heavy atom. The number of hydrogen-bond donors (Lipinski definition) is 3. The lowest BCUT2D eigenvalue weighted by molar-refractivity contribution is -0.116. The first-order chi connectivity index (χ1) is 8.74. The van der Waals surface area contributed by atoms with Crippen LogP contribution >= 0.6 is 12.4 Å². The van der Waals surface area contributed by atoms with E-state index in [9.17, 15) is 9.90 Å². The Hall–Kier alpha value is -1.26. The standard InChI is InChI=1S/C14H20N2O2.ClH/c17-13-3-1-2-12(10-13)16-14(18)5-4-11-6-8-15-9-7-11;/h1-3,10-11,15,17H,4-9H2,(H,16,18);1H. The van der Waals surface area contributed by atoms with Gasteiger partial charge in [-0.2, -0.15) is 0 Å². The van der Waals surface area contributed by atoms with E-state index in [-0.39, 0.29) is 24.1 Å². The average Bonchev–Trinajstić information content (AvgIpc) is 2.38. The minimum Gasteiger partial charge on any atom is -0.508 e. The normalized spacial score (nSPS) is 15.6. The van der Waals surface area contributed by atoms with Crippen molar-refractivity contribution < 1.29 is 9.90 Å². The molecule has 1 fully saturated rings. The quantitative estimate of drug-likeness (QED) is 0.796. The molecule has 5 heteroatoms. The van der Waals surface area contributed by atoms with E-state index in [0.717, 1.165) is 19.5 Å². The molecule has 1 aliphatic heterocycles. The second-order valence-corrected chi connectivity index (χ2v) is 4.83. The van der Waals surface area contributed by atoms with Crippen molar-refractivity contribution in [3.63, 3.8) is 0 Å². The van der Waals surface area contributed by atoms with Crippen molar-refractivity contribution in [2.45, 2.75) is 25.7 Å². The van der Waals surface area contributed by atoms with Gasteiger partial charge in [0, 0.05) is 18.2 Å². The number of amides is 1. The third-order valence-corrected chi connectivity index (χ3v) is 3.37. The number of halogens is 1. The van der Waals surface area contributed by atoms with Crippen molar-refractivity contribution in [2.75, 3.05) is 18.4 Å². The number of phenols is 1. The van der Waals surface area contributed by atoms with Crippen molar-refractivity contribution in [1.82, 2.24) is 5.32 Å². The molecule has 0 aliphatic carbocycles. The Morgan fingerprint density at radius 3 is 2.79 bits per heavy atom.